The quantitative estimate of drug-likeness (QED) is 0.860. The monoisotopic (exact) mass is 275 g/mol. The molecule has 2 rings (SSSR count). The second kappa shape index (κ2) is 6.93. The Hall–Kier alpha value is -2.04. The van der Waals surface area contributed by atoms with E-state index in [0.717, 1.165) is 24.9 Å². The Morgan fingerprint density at radius 2 is 2.00 bits per heavy atom. The first kappa shape index (κ1) is 14.4. The van der Waals surface area contributed by atoms with Crippen molar-refractivity contribution < 1.29 is 9.59 Å². The first-order valence-corrected chi connectivity index (χ1v) is 7.10. The van der Waals surface area contributed by atoms with Crippen molar-refractivity contribution in [3.8, 4) is 0 Å². The van der Waals surface area contributed by atoms with Crippen molar-refractivity contribution in [2.45, 2.75) is 26.2 Å². The first-order chi connectivity index (χ1) is 9.70. The maximum Gasteiger partial charge on any atom is 0.338 e. The van der Waals surface area contributed by atoms with Crippen LogP contribution in [-0.4, -0.2) is 41.5 Å². The fourth-order valence-electron chi connectivity index (χ4n) is 2.21. The normalized spacial score (nSPS) is 14.8. The van der Waals surface area contributed by atoms with Gasteiger partial charge in [0, 0.05) is 13.1 Å². The molecule has 1 aromatic rings. The molecule has 1 fully saturated rings. The van der Waals surface area contributed by atoms with Gasteiger partial charge in [-0.25, -0.2) is 9.80 Å². The number of urea groups is 1. The summed E-state index contributed by atoms with van der Waals surface area (Å²) in [5.74, 6) is -0.151. The van der Waals surface area contributed by atoms with E-state index in [1.165, 1.54) is 5.01 Å². The Bertz CT molecular complexity index is 461. The van der Waals surface area contributed by atoms with E-state index >= 15 is 0 Å². The number of nitrogens with one attached hydrogen (secondary N) is 1. The number of benzene rings is 1. The second-order valence-electron chi connectivity index (χ2n) is 4.97. The number of rotatable bonds is 6. The number of carbonyl (C=O) groups excluding carboxylic acids is 2. The molecule has 1 N–H and O–H groups in total. The van der Waals surface area contributed by atoms with Crippen LogP contribution in [0.3, 0.4) is 0 Å². The molecule has 0 aliphatic carbocycles. The van der Waals surface area contributed by atoms with Crippen molar-refractivity contribution in [1.82, 2.24) is 15.3 Å². The van der Waals surface area contributed by atoms with Crippen molar-refractivity contribution in [3.05, 3.63) is 35.9 Å². The van der Waals surface area contributed by atoms with Gasteiger partial charge in [-0.05, 0) is 12.0 Å². The van der Waals surface area contributed by atoms with E-state index in [1.54, 1.807) is 4.90 Å². The molecule has 3 amide bonds. The zero-order valence-electron chi connectivity index (χ0n) is 11.8. The van der Waals surface area contributed by atoms with Gasteiger partial charge in [0.25, 0.3) is 0 Å². The molecule has 1 aliphatic heterocycles. The highest BCUT2D eigenvalue weighted by molar-refractivity contribution is 5.83. The lowest BCUT2D eigenvalue weighted by atomic mass is 10.1. The van der Waals surface area contributed by atoms with E-state index in [4.69, 9.17) is 0 Å². The Balaban J connectivity index is 1.82. The number of amides is 3. The summed E-state index contributed by atoms with van der Waals surface area (Å²) in [4.78, 5) is 25.7. The van der Waals surface area contributed by atoms with E-state index < -0.39 is 0 Å². The van der Waals surface area contributed by atoms with Gasteiger partial charge in [0.05, 0.1) is 13.0 Å². The molecule has 0 aromatic heterocycles. The number of hydrazine groups is 1. The standard InChI is InChI=1S/C15H21N3O2/c1-2-3-9-17-10-11-18(15(17)20)16-14(19)12-13-7-5-4-6-8-13/h4-8H,2-3,9-12H2,1H3,(H,16,19). The van der Waals surface area contributed by atoms with Crippen LogP contribution < -0.4 is 5.43 Å². The van der Waals surface area contributed by atoms with Crippen LogP contribution in [0.2, 0.25) is 0 Å². The molecular formula is C15H21N3O2. The van der Waals surface area contributed by atoms with Crippen LogP contribution in [0.5, 0.6) is 0 Å². The van der Waals surface area contributed by atoms with Crippen LogP contribution in [0.25, 0.3) is 0 Å². The smallest absolute Gasteiger partial charge is 0.321 e. The molecule has 1 heterocycles. The minimum absolute atomic E-state index is 0.0974. The summed E-state index contributed by atoms with van der Waals surface area (Å²) in [6.45, 7) is 4.11. The van der Waals surface area contributed by atoms with E-state index in [2.05, 4.69) is 12.3 Å². The average molecular weight is 275 g/mol. The molecule has 1 aromatic carbocycles. The summed E-state index contributed by atoms with van der Waals surface area (Å²) in [5, 5.41) is 1.42. The molecule has 5 nitrogen and oxygen atoms in total. The molecule has 0 bridgehead atoms. The van der Waals surface area contributed by atoms with Crippen LogP contribution in [0.4, 0.5) is 4.79 Å². The number of carbonyl (C=O) groups is 2. The first-order valence-electron chi connectivity index (χ1n) is 7.10. The Kier molecular flexibility index (Phi) is 4.98. The topological polar surface area (TPSA) is 52.6 Å². The van der Waals surface area contributed by atoms with Gasteiger partial charge in [-0.15, -0.1) is 0 Å². The predicted molar refractivity (Wildman–Crippen MR) is 76.9 cm³/mol. The maximum atomic E-state index is 12.0. The van der Waals surface area contributed by atoms with Crippen molar-refractivity contribution in [3.63, 3.8) is 0 Å². The van der Waals surface area contributed by atoms with Crippen LogP contribution in [0.15, 0.2) is 30.3 Å². The molecule has 108 valence electrons. The van der Waals surface area contributed by atoms with E-state index in [0.29, 0.717) is 19.5 Å². The molecule has 20 heavy (non-hydrogen) atoms. The average Bonchev–Trinajstić information content (AvgIpc) is 2.78. The zero-order chi connectivity index (χ0) is 14.4. The van der Waals surface area contributed by atoms with Gasteiger partial charge in [-0.2, -0.15) is 0 Å². The summed E-state index contributed by atoms with van der Waals surface area (Å²) in [5.41, 5.74) is 3.63. The molecule has 1 aliphatic rings. The van der Waals surface area contributed by atoms with Gasteiger partial charge < -0.3 is 4.90 Å². The highest BCUT2D eigenvalue weighted by atomic mass is 16.2. The minimum atomic E-state index is -0.151. The summed E-state index contributed by atoms with van der Waals surface area (Å²) in [6, 6.07) is 9.42. The van der Waals surface area contributed by atoms with E-state index in [-0.39, 0.29) is 11.9 Å². The lowest BCUT2D eigenvalue weighted by Crippen LogP contribution is -2.45. The number of nitrogens with zero attached hydrogens (tertiary/aromatic N) is 2. The Labute approximate surface area is 119 Å². The third kappa shape index (κ3) is 3.73. The lowest BCUT2D eigenvalue weighted by Gasteiger charge is -2.19. The summed E-state index contributed by atoms with van der Waals surface area (Å²) in [6.07, 6.45) is 2.35. The van der Waals surface area contributed by atoms with E-state index in [1.807, 2.05) is 30.3 Å². The van der Waals surface area contributed by atoms with Crippen molar-refractivity contribution in [2.24, 2.45) is 0 Å². The molecule has 0 saturated carbocycles. The van der Waals surface area contributed by atoms with Crippen molar-refractivity contribution in [2.75, 3.05) is 19.6 Å². The molecule has 0 spiro atoms. The summed E-state index contributed by atoms with van der Waals surface area (Å²) >= 11 is 0. The summed E-state index contributed by atoms with van der Waals surface area (Å²) < 4.78 is 0. The van der Waals surface area contributed by atoms with Crippen molar-refractivity contribution in [1.29, 1.82) is 0 Å². The molecule has 1 saturated heterocycles. The zero-order valence-corrected chi connectivity index (χ0v) is 11.8. The minimum Gasteiger partial charge on any atom is -0.321 e. The van der Waals surface area contributed by atoms with Gasteiger partial charge >= 0.3 is 6.03 Å². The van der Waals surface area contributed by atoms with Gasteiger partial charge in [-0.3, -0.25) is 10.2 Å². The van der Waals surface area contributed by atoms with Crippen molar-refractivity contribution >= 4 is 11.9 Å². The van der Waals surface area contributed by atoms with Gasteiger partial charge in [0.15, 0.2) is 0 Å². The second-order valence-corrected chi connectivity index (χ2v) is 4.97. The Morgan fingerprint density at radius 1 is 1.25 bits per heavy atom. The third-order valence-electron chi connectivity index (χ3n) is 3.34. The largest absolute Gasteiger partial charge is 0.338 e. The molecule has 0 unspecified atom stereocenters. The van der Waals surface area contributed by atoms with Gasteiger partial charge in [0.1, 0.15) is 0 Å². The molecule has 5 heteroatoms. The highest BCUT2D eigenvalue weighted by Crippen LogP contribution is 2.08. The fourth-order valence-corrected chi connectivity index (χ4v) is 2.21. The summed E-state index contributed by atoms with van der Waals surface area (Å²) in [7, 11) is 0. The van der Waals surface area contributed by atoms with Gasteiger partial charge in [-0.1, -0.05) is 43.7 Å². The van der Waals surface area contributed by atoms with Crippen LogP contribution >= 0.6 is 0 Å². The Morgan fingerprint density at radius 3 is 2.70 bits per heavy atom. The molecular weight excluding hydrogens is 254 g/mol. The SMILES string of the molecule is CCCCN1CCN(NC(=O)Cc2ccccc2)C1=O. The maximum absolute atomic E-state index is 12.0. The third-order valence-corrected chi connectivity index (χ3v) is 3.34. The fraction of sp³-hybridized carbons (Fsp3) is 0.467. The van der Waals surface area contributed by atoms with Crippen LogP contribution in [0, 0.1) is 0 Å². The highest BCUT2D eigenvalue weighted by Gasteiger charge is 2.28. The lowest BCUT2D eigenvalue weighted by molar-refractivity contribution is -0.123. The van der Waals surface area contributed by atoms with Crippen LogP contribution in [0.1, 0.15) is 25.3 Å². The van der Waals surface area contributed by atoms with Crippen LogP contribution in [-0.2, 0) is 11.2 Å². The van der Waals surface area contributed by atoms with E-state index in [9.17, 15) is 9.59 Å². The molecule has 0 radical (unpaired) electrons. The molecule has 0 atom stereocenters. The predicted octanol–water partition coefficient (Wildman–Crippen LogP) is 1.80. The van der Waals surface area contributed by atoms with Gasteiger partial charge in [0.2, 0.25) is 5.91 Å². The number of hydrogen-bond donors (Lipinski definition) is 1. The number of hydrogen-bond acceptors (Lipinski definition) is 2. The number of unbranched alkanes of at least 4 members (excludes halogenated alkanes) is 1.